The number of aliphatic imine (C=N–C) groups is 1. The molecule has 0 saturated heterocycles. The van der Waals surface area contributed by atoms with E-state index in [9.17, 15) is 17.9 Å². The number of nitrogens with one attached hydrogen (secondary N) is 2. The Morgan fingerprint density at radius 2 is 2.11 bits per heavy atom. The van der Waals surface area contributed by atoms with Crippen LogP contribution in [0, 0.1) is 5.82 Å². The van der Waals surface area contributed by atoms with Gasteiger partial charge in [-0.2, -0.15) is 0 Å². The number of thiophene rings is 1. The Balaban J connectivity index is 1.86. The molecule has 2 rings (SSSR count). The number of halogens is 1. The predicted octanol–water partition coefficient (Wildman–Crippen LogP) is 1.82. The lowest BCUT2D eigenvalue weighted by Gasteiger charge is -2.13. The molecule has 1 aromatic heterocycles. The highest BCUT2D eigenvalue weighted by Crippen LogP contribution is 2.18. The Hall–Kier alpha value is -1.97. The van der Waals surface area contributed by atoms with Gasteiger partial charge in [-0.3, -0.25) is 4.99 Å². The second kappa shape index (κ2) is 10.4. The van der Waals surface area contributed by atoms with Crippen LogP contribution >= 0.6 is 11.3 Å². The first-order valence-corrected chi connectivity index (χ1v) is 11.1. The van der Waals surface area contributed by atoms with E-state index in [0.29, 0.717) is 25.5 Å². The Morgan fingerprint density at radius 1 is 1.30 bits per heavy atom. The third-order valence-corrected chi connectivity index (χ3v) is 6.90. The largest absolute Gasteiger partial charge is 0.390 e. The van der Waals surface area contributed by atoms with E-state index in [0.717, 1.165) is 16.9 Å². The highest BCUT2D eigenvalue weighted by atomic mass is 32.2. The lowest BCUT2D eigenvalue weighted by atomic mass is 10.1. The predicted molar refractivity (Wildman–Crippen MR) is 106 cm³/mol. The second-order valence-electron chi connectivity index (χ2n) is 5.89. The van der Waals surface area contributed by atoms with Crippen LogP contribution in [0.1, 0.15) is 12.5 Å². The van der Waals surface area contributed by atoms with Crippen molar-refractivity contribution in [2.24, 2.45) is 4.99 Å². The first-order valence-electron chi connectivity index (χ1n) is 8.61. The maximum Gasteiger partial charge on any atom is 0.191 e. The van der Waals surface area contributed by atoms with Crippen molar-refractivity contribution in [1.29, 1.82) is 0 Å². The minimum Gasteiger partial charge on any atom is -0.390 e. The zero-order valence-electron chi connectivity index (χ0n) is 15.1. The summed E-state index contributed by atoms with van der Waals surface area (Å²) in [5.74, 6) is -0.177. The van der Waals surface area contributed by atoms with E-state index < -0.39 is 15.9 Å². The molecular formula is C18H24FN3O3S2. The van der Waals surface area contributed by atoms with Crippen LogP contribution in [0.4, 0.5) is 4.39 Å². The van der Waals surface area contributed by atoms with Crippen LogP contribution in [0.5, 0.6) is 0 Å². The van der Waals surface area contributed by atoms with Gasteiger partial charge in [-0.1, -0.05) is 18.2 Å². The number of aliphatic hydroxyl groups is 1. The smallest absolute Gasteiger partial charge is 0.191 e. The van der Waals surface area contributed by atoms with E-state index in [4.69, 9.17) is 0 Å². The zero-order valence-corrected chi connectivity index (χ0v) is 16.7. The molecule has 1 unspecified atom stereocenters. The number of sulfone groups is 1. The third kappa shape index (κ3) is 7.28. The molecule has 0 fully saturated rings. The number of hydrogen-bond donors (Lipinski definition) is 3. The minimum absolute atomic E-state index is 0.0418. The van der Waals surface area contributed by atoms with Crippen LogP contribution in [0.2, 0.25) is 0 Å². The highest BCUT2D eigenvalue weighted by Gasteiger charge is 2.20. The summed E-state index contributed by atoms with van der Waals surface area (Å²) in [4.78, 5) is 4.24. The molecule has 148 valence electrons. The standard InChI is InChI=1S/C18H24FN3O3S2/c1-2-20-18(21-9-8-14-5-3-6-15(19)11-14)22-12-16(23)13-27(24,25)17-7-4-10-26-17/h3-7,10-11,16,23H,2,8-9,12-13H2,1H3,(H2,20,21,22). The van der Waals surface area contributed by atoms with Gasteiger partial charge >= 0.3 is 0 Å². The summed E-state index contributed by atoms with van der Waals surface area (Å²) >= 11 is 1.13. The van der Waals surface area contributed by atoms with Crippen LogP contribution in [-0.2, 0) is 16.3 Å². The summed E-state index contributed by atoms with van der Waals surface area (Å²) in [6.07, 6.45) is -0.493. The van der Waals surface area contributed by atoms with Gasteiger partial charge in [0.1, 0.15) is 10.0 Å². The number of nitrogens with zero attached hydrogens (tertiary/aromatic N) is 1. The fourth-order valence-corrected chi connectivity index (χ4v) is 4.85. The van der Waals surface area contributed by atoms with Crippen molar-refractivity contribution >= 4 is 27.1 Å². The van der Waals surface area contributed by atoms with Gasteiger partial charge in [0.2, 0.25) is 0 Å². The average Bonchev–Trinajstić information content (AvgIpc) is 3.15. The molecule has 6 nitrogen and oxygen atoms in total. The van der Waals surface area contributed by atoms with Crippen LogP contribution in [0.3, 0.4) is 0 Å². The van der Waals surface area contributed by atoms with Crippen molar-refractivity contribution in [3.8, 4) is 0 Å². The van der Waals surface area contributed by atoms with Crippen molar-refractivity contribution in [1.82, 2.24) is 10.6 Å². The summed E-state index contributed by atoms with van der Waals surface area (Å²) in [6, 6.07) is 9.56. The molecule has 1 heterocycles. The van der Waals surface area contributed by atoms with Crippen molar-refractivity contribution in [3.63, 3.8) is 0 Å². The van der Waals surface area contributed by atoms with Gasteiger partial charge in [0.15, 0.2) is 15.8 Å². The molecule has 2 aromatic rings. The molecule has 0 saturated carbocycles. The molecule has 9 heteroatoms. The number of rotatable bonds is 9. The van der Waals surface area contributed by atoms with Gasteiger partial charge in [-0.05, 0) is 42.5 Å². The topological polar surface area (TPSA) is 90.8 Å². The summed E-state index contributed by atoms with van der Waals surface area (Å²) in [7, 11) is -3.51. The van der Waals surface area contributed by atoms with Crippen molar-refractivity contribution in [3.05, 3.63) is 53.2 Å². The molecule has 27 heavy (non-hydrogen) atoms. The summed E-state index contributed by atoms with van der Waals surface area (Å²) in [6.45, 7) is 3.01. The van der Waals surface area contributed by atoms with Crippen LogP contribution in [0.15, 0.2) is 51.0 Å². The Kier molecular flexibility index (Phi) is 8.21. The van der Waals surface area contributed by atoms with Crippen molar-refractivity contribution in [2.45, 2.75) is 23.7 Å². The third-order valence-electron chi connectivity index (χ3n) is 3.61. The molecular weight excluding hydrogens is 389 g/mol. The van der Waals surface area contributed by atoms with Gasteiger partial charge in [0, 0.05) is 13.1 Å². The second-order valence-corrected chi connectivity index (χ2v) is 9.10. The van der Waals surface area contributed by atoms with Gasteiger partial charge in [-0.25, -0.2) is 12.8 Å². The first kappa shape index (κ1) is 21.3. The number of guanidine groups is 1. The molecule has 0 bridgehead atoms. The lowest BCUT2D eigenvalue weighted by Crippen LogP contribution is -2.39. The van der Waals surface area contributed by atoms with Crippen LogP contribution < -0.4 is 10.6 Å². The zero-order chi connectivity index (χ0) is 19.7. The summed E-state index contributed by atoms with van der Waals surface area (Å²) in [5, 5.41) is 17.9. The monoisotopic (exact) mass is 413 g/mol. The van der Waals surface area contributed by atoms with Crippen LogP contribution in [0.25, 0.3) is 0 Å². The van der Waals surface area contributed by atoms with E-state index in [-0.39, 0.29) is 22.3 Å². The van der Waals surface area contributed by atoms with Crippen LogP contribution in [-0.4, -0.2) is 51.0 Å². The molecule has 3 N–H and O–H groups in total. The molecule has 0 aliphatic heterocycles. The van der Waals surface area contributed by atoms with Gasteiger partial charge in [0.05, 0.1) is 18.4 Å². The van der Waals surface area contributed by atoms with E-state index >= 15 is 0 Å². The molecule has 0 aliphatic rings. The van der Waals surface area contributed by atoms with Gasteiger partial charge in [0.25, 0.3) is 0 Å². The van der Waals surface area contributed by atoms with E-state index in [2.05, 4.69) is 15.6 Å². The number of hydrogen-bond acceptors (Lipinski definition) is 5. The van der Waals surface area contributed by atoms with Crippen molar-refractivity contribution < 1.29 is 17.9 Å². The summed E-state index contributed by atoms with van der Waals surface area (Å²) in [5.41, 5.74) is 0.862. The van der Waals surface area contributed by atoms with E-state index in [1.807, 2.05) is 13.0 Å². The van der Waals surface area contributed by atoms with Gasteiger partial charge in [-0.15, -0.1) is 11.3 Å². The molecule has 1 aromatic carbocycles. The molecule has 1 atom stereocenters. The SMILES string of the molecule is CCNC(=NCC(O)CS(=O)(=O)c1cccs1)NCCc1cccc(F)c1. The quantitative estimate of drug-likeness (QED) is 0.431. The fraction of sp³-hybridized carbons (Fsp3) is 0.389. The minimum atomic E-state index is -3.51. The van der Waals surface area contributed by atoms with Gasteiger partial charge < -0.3 is 15.7 Å². The molecule has 0 radical (unpaired) electrons. The maximum atomic E-state index is 13.2. The average molecular weight is 414 g/mol. The summed E-state index contributed by atoms with van der Waals surface area (Å²) < 4.78 is 37.8. The lowest BCUT2D eigenvalue weighted by molar-refractivity contribution is 0.206. The fourth-order valence-electron chi connectivity index (χ4n) is 2.38. The maximum absolute atomic E-state index is 13.2. The first-order chi connectivity index (χ1) is 12.9. The Morgan fingerprint density at radius 3 is 2.78 bits per heavy atom. The Labute approximate surface area is 163 Å². The van der Waals surface area contributed by atoms with E-state index in [1.165, 1.54) is 18.2 Å². The number of benzene rings is 1. The molecule has 0 amide bonds. The van der Waals surface area contributed by atoms with E-state index in [1.54, 1.807) is 17.5 Å². The normalized spacial score (nSPS) is 13.4. The highest BCUT2D eigenvalue weighted by molar-refractivity contribution is 7.93. The Bertz CT molecular complexity index is 839. The van der Waals surface area contributed by atoms with Crippen molar-refractivity contribution in [2.75, 3.05) is 25.4 Å². The molecule has 0 spiro atoms. The molecule has 0 aliphatic carbocycles. The number of aliphatic hydroxyl groups excluding tert-OH is 1.